The van der Waals surface area contributed by atoms with E-state index >= 15 is 0 Å². The molecule has 0 spiro atoms. The Morgan fingerprint density at radius 1 is 1.26 bits per heavy atom. The number of nitrogens with one attached hydrogen (secondary N) is 1. The summed E-state index contributed by atoms with van der Waals surface area (Å²) in [5.74, 6) is 5.80. The lowest BCUT2D eigenvalue weighted by Gasteiger charge is -2.04. The summed E-state index contributed by atoms with van der Waals surface area (Å²) in [4.78, 5) is 8.14. The molecule has 19 heavy (non-hydrogen) atoms. The highest BCUT2D eigenvalue weighted by Crippen LogP contribution is 2.19. The van der Waals surface area contributed by atoms with Crippen molar-refractivity contribution in [2.75, 3.05) is 5.43 Å². The molecule has 0 atom stereocenters. The van der Waals surface area contributed by atoms with Gasteiger partial charge in [-0.05, 0) is 11.6 Å². The summed E-state index contributed by atoms with van der Waals surface area (Å²) in [5, 5.41) is 8.75. The minimum absolute atomic E-state index is 0.440. The van der Waals surface area contributed by atoms with Crippen LogP contribution in [-0.2, 0) is 6.54 Å². The molecule has 0 unspecified atom stereocenters. The van der Waals surface area contributed by atoms with Crippen LogP contribution >= 0.6 is 11.6 Å². The fourth-order valence-electron chi connectivity index (χ4n) is 1.79. The van der Waals surface area contributed by atoms with Crippen LogP contribution in [-0.4, -0.2) is 25.0 Å². The van der Waals surface area contributed by atoms with Crippen LogP contribution in [0.15, 0.2) is 30.6 Å². The average molecular weight is 276 g/mol. The maximum atomic E-state index is 6.12. The zero-order valence-electron chi connectivity index (χ0n) is 9.79. The monoisotopic (exact) mass is 275 g/mol. The van der Waals surface area contributed by atoms with Crippen molar-refractivity contribution in [2.24, 2.45) is 5.84 Å². The maximum Gasteiger partial charge on any atom is 0.184 e. The first kappa shape index (κ1) is 11.8. The van der Waals surface area contributed by atoms with Gasteiger partial charge in [0.2, 0.25) is 0 Å². The Morgan fingerprint density at radius 2 is 2.11 bits per heavy atom. The summed E-state index contributed by atoms with van der Waals surface area (Å²) in [6, 6.07) is 7.56. The quantitative estimate of drug-likeness (QED) is 0.551. The molecule has 96 valence electrons. The predicted molar refractivity (Wildman–Crippen MR) is 71.5 cm³/mol. The Hall–Kier alpha value is -2.25. The average Bonchev–Trinajstić information content (AvgIpc) is 2.84. The van der Waals surface area contributed by atoms with Gasteiger partial charge < -0.3 is 5.43 Å². The van der Waals surface area contributed by atoms with E-state index in [4.69, 9.17) is 17.4 Å². The summed E-state index contributed by atoms with van der Waals surface area (Å²) >= 11 is 6.12. The standard InChI is InChI=1S/C11H10ClN7/c12-8-4-2-1-3-7(8)5-19-11-9(17-18-19)10(16-13)14-6-15-11/h1-4,6H,5,13H2,(H,14,15,16). The van der Waals surface area contributed by atoms with Gasteiger partial charge in [-0.15, -0.1) is 5.10 Å². The van der Waals surface area contributed by atoms with Crippen LogP contribution in [0.2, 0.25) is 5.02 Å². The van der Waals surface area contributed by atoms with E-state index in [9.17, 15) is 0 Å². The highest BCUT2D eigenvalue weighted by molar-refractivity contribution is 6.31. The third-order valence-electron chi connectivity index (χ3n) is 2.71. The SMILES string of the molecule is NNc1ncnc2c1nnn2Cc1ccccc1Cl. The van der Waals surface area contributed by atoms with Crippen LogP contribution in [0.5, 0.6) is 0 Å². The van der Waals surface area contributed by atoms with Crippen LogP contribution in [0.3, 0.4) is 0 Å². The Balaban J connectivity index is 2.05. The fourth-order valence-corrected chi connectivity index (χ4v) is 1.99. The van der Waals surface area contributed by atoms with E-state index in [1.54, 1.807) is 4.68 Å². The van der Waals surface area contributed by atoms with Crippen molar-refractivity contribution in [1.82, 2.24) is 25.0 Å². The number of rotatable bonds is 3. The van der Waals surface area contributed by atoms with Gasteiger partial charge in [0, 0.05) is 5.02 Å². The largest absolute Gasteiger partial charge is 0.306 e. The zero-order chi connectivity index (χ0) is 13.2. The molecule has 3 N–H and O–H groups in total. The van der Waals surface area contributed by atoms with E-state index in [1.807, 2.05) is 24.3 Å². The molecule has 0 aliphatic heterocycles. The fraction of sp³-hybridized carbons (Fsp3) is 0.0909. The molecule has 8 heteroatoms. The summed E-state index contributed by atoms with van der Waals surface area (Å²) in [6.07, 6.45) is 1.41. The first-order chi connectivity index (χ1) is 9.29. The topological polar surface area (TPSA) is 94.5 Å². The van der Waals surface area contributed by atoms with Crippen molar-refractivity contribution in [3.8, 4) is 0 Å². The number of fused-ring (bicyclic) bond motifs is 1. The molecule has 1 aromatic carbocycles. The number of hydrogen-bond donors (Lipinski definition) is 2. The van der Waals surface area contributed by atoms with Crippen molar-refractivity contribution in [2.45, 2.75) is 6.54 Å². The summed E-state index contributed by atoms with van der Waals surface area (Å²) < 4.78 is 1.65. The number of nitrogen functional groups attached to an aromatic ring is 1. The molecule has 7 nitrogen and oxygen atoms in total. The minimum Gasteiger partial charge on any atom is -0.306 e. The smallest absolute Gasteiger partial charge is 0.184 e. The summed E-state index contributed by atoms with van der Waals surface area (Å²) in [5.41, 5.74) is 4.53. The third-order valence-corrected chi connectivity index (χ3v) is 3.08. The lowest BCUT2D eigenvalue weighted by atomic mass is 10.2. The van der Waals surface area contributed by atoms with Crippen LogP contribution in [0.25, 0.3) is 11.2 Å². The van der Waals surface area contributed by atoms with Gasteiger partial charge in [-0.25, -0.2) is 20.5 Å². The molecule has 0 aliphatic carbocycles. The second-order valence-corrected chi connectivity index (χ2v) is 4.28. The predicted octanol–water partition coefficient (Wildman–Crippen LogP) is 1.21. The number of halogens is 1. The first-order valence-corrected chi connectivity index (χ1v) is 5.91. The molecule has 0 fully saturated rings. The lowest BCUT2D eigenvalue weighted by molar-refractivity contribution is 0.664. The normalized spacial score (nSPS) is 10.8. The van der Waals surface area contributed by atoms with Gasteiger partial charge in [0.25, 0.3) is 0 Å². The Morgan fingerprint density at radius 3 is 2.89 bits per heavy atom. The molecule has 0 radical (unpaired) electrons. The lowest BCUT2D eigenvalue weighted by Crippen LogP contribution is -2.09. The minimum atomic E-state index is 0.440. The van der Waals surface area contributed by atoms with E-state index in [0.717, 1.165) is 5.56 Å². The molecule has 3 aromatic rings. The van der Waals surface area contributed by atoms with Gasteiger partial charge in [0.05, 0.1) is 6.54 Å². The molecule has 3 rings (SSSR count). The number of nitrogens with two attached hydrogens (primary N) is 1. The zero-order valence-corrected chi connectivity index (χ0v) is 10.5. The first-order valence-electron chi connectivity index (χ1n) is 5.54. The Kier molecular flexibility index (Phi) is 2.98. The molecule has 0 saturated heterocycles. The van der Waals surface area contributed by atoms with Crippen molar-refractivity contribution in [3.05, 3.63) is 41.2 Å². The number of hydrogen-bond acceptors (Lipinski definition) is 6. The highest BCUT2D eigenvalue weighted by Gasteiger charge is 2.11. The Labute approximate surface area is 113 Å². The van der Waals surface area contributed by atoms with E-state index in [0.29, 0.717) is 28.5 Å². The van der Waals surface area contributed by atoms with E-state index in [2.05, 4.69) is 25.7 Å². The van der Waals surface area contributed by atoms with E-state index in [-0.39, 0.29) is 0 Å². The molecule has 0 aliphatic rings. The van der Waals surface area contributed by atoms with Crippen LogP contribution in [0, 0.1) is 0 Å². The summed E-state index contributed by atoms with van der Waals surface area (Å²) in [7, 11) is 0. The number of anilines is 1. The number of nitrogens with zero attached hydrogens (tertiary/aromatic N) is 5. The second kappa shape index (κ2) is 4.79. The molecule has 0 bridgehead atoms. The van der Waals surface area contributed by atoms with Crippen molar-refractivity contribution < 1.29 is 0 Å². The van der Waals surface area contributed by atoms with Crippen molar-refractivity contribution in [1.29, 1.82) is 0 Å². The molecule has 0 saturated carbocycles. The Bertz CT molecular complexity index is 724. The van der Waals surface area contributed by atoms with Gasteiger partial charge in [-0.3, -0.25) is 0 Å². The molecular formula is C11H10ClN7. The van der Waals surface area contributed by atoms with Crippen LogP contribution in [0.4, 0.5) is 5.82 Å². The van der Waals surface area contributed by atoms with Gasteiger partial charge in [0.15, 0.2) is 17.0 Å². The number of aromatic nitrogens is 5. The van der Waals surface area contributed by atoms with E-state index in [1.165, 1.54) is 6.33 Å². The van der Waals surface area contributed by atoms with Gasteiger partial charge >= 0.3 is 0 Å². The van der Waals surface area contributed by atoms with Gasteiger partial charge in [0.1, 0.15) is 6.33 Å². The molecule has 2 aromatic heterocycles. The molecule has 0 amide bonds. The number of hydrazine groups is 1. The van der Waals surface area contributed by atoms with Crippen molar-refractivity contribution >= 4 is 28.6 Å². The van der Waals surface area contributed by atoms with Gasteiger partial charge in [-0.2, -0.15) is 0 Å². The second-order valence-electron chi connectivity index (χ2n) is 3.88. The van der Waals surface area contributed by atoms with Gasteiger partial charge in [-0.1, -0.05) is 35.0 Å². The summed E-state index contributed by atoms with van der Waals surface area (Å²) in [6.45, 7) is 0.483. The van der Waals surface area contributed by atoms with Crippen LogP contribution < -0.4 is 11.3 Å². The third kappa shape index (κ3) is 2.09. The molecule has 2 heterocycles. The molecular weight excluding hydrogens is 266 g/mol. The maximum absolute atomic E-state index is 6.12. The van der Waals surface area contributed by atoms with Crippen molar-refractivity contribution in [3.63, 3.8) is 0 Å². The van der Waals surface area contributed by atoms with E-state index < -0.39 is 0 Å². The number of benzene rings is 1. The van der Waals surface area contributed by atoms with Crippen LogP contribution in [0.1, 0.15) is 5.56 Å². The highest BCUT2D eigenvalue weighted by atomic mass is 35.5.